The number of hydrogen-bond donors (Lipinski definition) is 1. The van der Waals surface area contributed by atoms with Gasteiger partial charge < -0.3 is 9.67 Å². The second-order valence-corrected chi connectivity index (χ2v) is 12.5. The minimum absolute atomic E-state index is 0.263. The fourth-order valence-corrected chi connectivity index (χ4v) is 7.49. The third-order valence-corrected chi connectivity index (χ3v) is 9.72. The monoisotopic (exact) mass is 643 g/mol. The van der Waals surface area contributed by atoms with E-state index in [9.17, 15) is 15.2 Å². The van der Waals surface area contributed by atoms with Gasteiger partial charge in [-0.2, -0.15) is 5.26 Å². The molecule has 236 valence electrons. The first-order valence-electron chi connectivity index (χ1n) is 16.5. The van der Waals surface area contributed by atoms with Crippen LogP contribution in [0.4, 0.5) is 5.69 Å². The van der Waals surface area contributed by atoms with Gasteiger partial charge in [-0.1, -0.05) is 121 Å². The zero-order valence-corrected chi connectivity index (χ0v) is 26.9. The summed E-state index contributed by atoms with van der Waals surface area (Å²) in [5.74, 6) is -0.263. The van der Waals surface area contributed by atoms with Crippen LogP contribution in [0.15, 0.2) is 164 Å². The van der Waals surface area contributed by atoms with E-state index in [4.69, 9.17) is 0 Å². The van der Waals surface area contributed by atoms with E-state index in [1.807, 2.05) is 109 Å². The van der Waals surface area contributed by atoms with Crippen molar-refractivity contribution in [3.8, 4) is 45.1 Å². The van der Waals surface area contributed by atoms with E-state index in [-0.39, 0.29) is 5.91 Å². The molecule has 0 bridgehead atoms. The van der Waals surface area contributed by atoms with Gasteiger partial charge in [-0.15, -0.1) is 0 Å². The first-order chi connectivity index (χ1) is 24.6. The van der Waals surface area contributed by atoms with E-state index in [0.29, 0.717) is 28.1 Å². The largest absolute Gasteiger partial charge is 0.369 e. The Balaban J connectivity index is 1.23. The summed E-state index contributed by atoms with van der Waals surface area (Å²) in [4.78, 5) is 16.4. The van der Waals surface area contributed by atoms with E-state index in [1.54, 1.807) is 6.07 Å². The predicted octanol–water partition coefficient (Wildman–Crippen LogP) is 10.3. The number of nitriles is 1. The molecule has 1 unspecified atom stereocenters. The second kappa shape index (κ2) is 11.7. The normalized spacial score (nSPS) is 13.9. The summed E-state index contributed by atoms with van der Waals surface area (Å²) in [7, 11) is 0. The van der Waals surface area contributed by atoms with Crippen molar-refractivity contribution in [2.24, 2.45) is 0 Å². The molecule has 1 aromatic heterocycles. The molecule has 8 aromatic rings. The number of hydrogen-bond acceptors (Lipinski definition) is 3. The topological polar surface area (TPSA) is 69.3 Å². The van der Waals surface area contributed by atoms with Crippen LogP contribution in [0.5, 0.6) is 0 Å². The van der Waals surface area contributed by atoms with Gasteiger partial charge in [0, 0.05) is 21.9 Å². The molecule has 1 aliphatic heterocycles. The number of carbonyl (C=O) groups is 1. The SMILES string of the molecule is N#Cc1cccc(-c2ccc3c(c2)c2ccccc2n3-c2cccc3c2C(=O)N(c2cccc(-c4ccccc4)c2-c2ccccc2)C3O)c1. The average Bonchev–Trinajstić information content (AvgIpc) is 3.65. The van der Waals surface area contributed by atoms with Crippen LogP contribution in [0.25, 0.3) is 60.9 Å². The minimum Gasteiger partial charge on any atom is -0.369 e. The quantitative estimate of drug-likeness (QED) is 0.203. The molecule has 0 fully saturated rings. The van der Waals surface area contributed by atoms with E-state index in [0.717, 1.165) is 55.2 Å². The van der Waals surface area contributed by atoms with E-state index in [2.05, 4.69) is 59.2 Å². The number of rotatable bonds is 5. The standard InChI is InChI=1S/C45H29N3O2/c46-28-29-12-9-17-32(26-29)33-24-25-39-37(27-33)35-18-7-8-21-38(35)47(39)41-23-11-20-36-43(41)45(50)48(44(36)49)40-22-10-19-34(30-13-3-1-4-14-30)42(40)31-15-5-2-6-16-31/h1-27,44,49H. The summed E-state index contributed by atoms with van der Waals surface area (Å²) in [5, 5.41) is 23.6. The molecule has 0 saturated carbocycles. The summed E-state index contributed by atoms with van der Waals surface area (Å²) < 4.78 is 2.13. The van der Waals surface area contributed by atoms with Crippen molar-refractivity contribution in [2.75, 3.05) is 4.90 Å². The van der Waals surface area contributed by atoms with Gasteiger partial charge in [0.1, 0.15) is 0 Å². The highest BCUT2D eigenvalue weighted by atomic mass is 16.3. The van der Waals surface area contributed by atoms with Gasteiger partial charge in [-0.3, -0.25) is 9.69 Å². The number of anilines is 1. The molecule has 50 heavy (non-hydrogen) atoms. The number of amides is 1. The van der Waals surface area contributed by atoms with Crippen LogP contribution in [-0.4, -0.2) is 15.6 Å². The Labute approximate surface area is 289 Å². The molecule has 5 heteroatoms. The molecule has 1 atom stereocenters. The third-order valence-electron chi connectivity index (χ3n) is 9.72. The fourth-order valence-electron chi connectivity index (χ4n) is 7.49. The third kappa shape index (κ3) is 4.55. The molecule has 1 amide bonds. The summed E-state index contributed by atoms with van der Waals surface area (Å²) in [5.41, 5.74) is 10.7. The summed E-state index contributed by atoms with van der Waals surface area (Å²) in [6.45, 7) is 0. The number of aromatic nitrogens is 1. The predicted molar refractivity (Wildman–Crippen MR) is 200 cm³/mol. The molecule has 0 radical (unpaired) electrons. The number of fused-ring (bicyclic) bond motifs is 4. The van der Waals surface area contributed by atoms with Crippen LogP contribution in [0.2, 0.25) is 0 Å². The van der Waals surface area contributed by atoms with E-state index in [1.165, 1.54) is 4.90 Å². The zero-order chi connectivity index (χ0) is 33.8. The van der Waals surface area contributed by atoms with Crippen LogP contribution in [-0.2, 0) is 0 Å². The van der Waals surface area contributed by atoms with Crippen molar-refractivity contribution in [1.82, 2.24) is 4.57 Å². The maximum Gasteiger partial charge on any atom is 0.263 e. The van der Waals surface area contributed by atoms with Gasteiger partial charge in [0.05, 0.1) is 39.6 Å². The van der Waals surface area contributed by atoms with E-state index < -0.39 is 6.23 Å². The van der Waals surface area contributed by atoms with Crippen LogP contribution in [0.3, 0.4) is 0 Å². The van der Waals surface area contributed by atoms with Crippen LogP contribution in [0.1, 0.15) is 27.7 Å². The highest BCUT2D eigenvalue weighted by Gasteiger charge is 2.40. The fraction of sp³-hybridized carbons (Fsp3) is 0.0222. The Morgan fingerprint density at radius 3 is 1.98 bits per heavy atom. The number of carbonyl (C=O) groups excluding carboxylic acids is 1. The average molecular weight is 644 g/mol. The number of para-hydroxylation sites is 1. The highest BCUT2D eigenvalue weighted by molar-refractivity contribution is 6.17. The van der Waals surface area contributed by atoms with Crippen LogP contribution < -0.4 is 4.90 Å². The Morgan fingerprint density at radius 1 is 0.540 bits per heavy atom. The first kappa shape index (κ1) is 29.4. The second-order valence-electron chi connectivity index (χ2n) is 12.5. The van der Waals surface area contributed by atoms with Gasteiger partial charge in [0.25, 0.3) is 5.91 Å². The maximum absolute atomic E-state index is 14.9. The van der Waals surface area contributed by atoms with E-state index >= 15 is 0 Å². The molecule has 0 saturated heterocycles. The number of aliphatic hydroxyl groups is 1. The van der Waals surface area contributed by atoms with Crippen molar-refractivity contribution in [3.05, 3.63) is 180 Å². The van der Waals surface area contributed by atoms with Crippen molar-refractivity contribution >= 4 is 33.4 Å². The summed E-state index contributed by atoms with van der Waals surface area (Å²) in [6.07, 6.45) is -1.18. The minimum atomic E-state index is -1.18. The molecule has 1 N–H and O–H groups in total. The lowest BCUT2D eigenvalue weighted by Gasteiger charge is -2.26. The van der Waals surface area contributed by atoms with Crippen molar-refractivity contribution in [1.29, 1.82) is 5.26 Å². The lowest BCUT2D eigenvalue weighted by Crippen LogP contribution is -2.28. The first-order valence-corrected chi connectivity index (χ1v) is 16.5. The van der Waals surface area contributed by atoms with Gasteiger partial charge in [0.15, 0.2) is 6.23 Å². The van der Waals surface area contributed by atoms with Crippen LogP contribution in [0, 0.1) is 11.3 Å². The smallest absolute Gasteiger partial charge is 0.263 e. The molecule has 1 aliphatic rings. The Kier molecular flexibility index (Phi) is 6.91. The van der Waals surface area contributed by atoms with Crippen molar-refractivity contribution < 1.29 is 9.90 Å². The highest BCUT2D eigenvalue weighted by Crippen LogP contribution is 2.47. The van der Waals surface area contributed by atoms with Gasteiger partial charge in [-0.25, -0.2) is 0 Å². The van der Waals surface area contributed by atoms with Gasteiger partial charge >= 0.3 is 0 Å². The molecule has 5 nitrogen and oxygen atoms in total. The molecule has 0 aliphatic carbocycles. The summed E-state index contributed by atoms with van der Waals surface area (Å²) >= 11 is 0. The number of nitrogens with zero attached hydrogens (tertiary/aromatic N) is 3. The lowest BCUT2D eigenvalue weighted by molar-refractivity contribution is 0.0935. The lowest BCUT2D eigenvalue weighted by atomic mass is 9.92. The Morgan fingerprint density at radius 2 is 1.18 bits per heavy atom. The zero-order valence-electron chi connectivity index (χ0n) is 26.9. The van der Waals surface area contributed by atoms with Crippen LogP contribution >= 0.6 is 0 Å². The Hall–Kier alpha value is -6.74. The summed E-state index contributed by atoms with van der Waals surface area (Å²) in [6, 6.07) is 56.1. The maximum atomic E-state index is 14.9. The van der Waals surface area contributed by atoms with Gasteiger partial charge in [0.2, 0.25) is 0 Å². The molecular formula is C45H29N3O2. The number of aliphatic hydroxyl groups excluding tert-OH is 1. The molecule has 0 spiro atoms. The Bertz CT molecular complexity index is 2650. The van der Waals surface area contributed by atoms with Gasteiger partial charge in [-0.05, 0) is 70.3 Å². The van der Waals surface area contributed by atoms with Crippen molar-refractivity contribution in [2.45, 2.75) is 6.23 Å². The molecule has 9 rings (SSSR count). The molecular weight excluding hydrogens is 615 g/mol. The van der Waals surface area contributed by atoms with Crippen molar-refractivity contribution in [3.63, 3.8) is 0 Å². The molecule has 7 aromatic carbocycles. The molecule has 2 heterocycles. The number of benzene rings is 7.